The van der Waals surface area contributed by atoms with Gasteiger partial charge in [-0.2, -0.15) is 9.97 Å². The summed E-state index contributed by atoms with van der Waals surface area (Å²) < 4.78 is 1.18. The van der Waals surface area contributed by atoms with Crippen molar-refractivity contribution in [2.45, 2.75) is 37.6 Å². The van der Waals surface area contributed by atoms with Crippen molar-refractivity contribution < 1.29 is 0 Å². The van der Waals surface area contributed by atoms with E-state index in [2.05, 4.69) is 43.8 Å². The number of anilines is 3. The van der Waals surface area contributed by atoms with Gasteiger partial charge in [0, 0.05) is 24.0 Å². The van der Waals surface area contributed by atoms with E-state index in [4.69, 9.17) is 28.9 Å². The van der Waals surface area contributed by atoms with E-state index in [1.807, 2.05) is 0 Å². The molecule has 8 nitrogen and oxygen atoms in total. The van der Waals surface area contributed by atoms with Crippen molar-refractivity contribution in [3.05, 3.63) is 74.3 Å². The third-order valence-electron chi connectivity index (χ3n) is 7.03. The molecule has 10 heteroatoms. The summed E-state index contributed by atoms with van der Waals surface area (Å²) >= 11 is 12.6. The van der Waals surface area contributed by atoms with Crippen LogP contribution in [-0.2, 0) is 12.0 Å². The number of nitrogens with one attached hydrogen (secondary N) is 2. The Morgan fingerprint density at radius 2 is 1.86 bits per heavy atom. The molecular weight excluding hydrogens is 485 g/mol. The lowest BCUT2D eigenvalue weighted by Crippen LogP contribution is -2.45. The van der Waals surface area contributed by atoms with Crippen LogP contribution in [0.5, 0.6) is 0 Å². The van der Waals surface area contributed by atoms with Gasteiger partial charge in [-0.25, -0.2) is 14.3 Å². The predicted octanol–water partition coefficient (Wildman–Crippen LogP) is 4.72. The number of hydrogen-bond acceptors (Lipinski definition) is 7. The van der Waals surface area contributed by atoms with Crippen LogP contribution in [0.3, 0.4) is 0 Å². The first kappa shape index (κ1) is 22.3. The van der Waals surface area contributed by atoms with Gasteiger partial charge in [0.05, 0.1) is 21.1 Å². The number of halogens is 2. The number of fused-ring (bicyclic) bond motifs is 3. The lowest BCUT2D eigenvalue weighted by molar-refractivity contribution is 0.324. The molecule has 2 aromatic heterocycles. The van der Waals surface area contributed by atoms with E-state index >= 15 is 0 Å². The molecule has 4 N–H and O–H groups in total. The van der Waals surface area contributed by atoms with Crippen molar-refractivity contribution in [1.82, 2.24) is 24.8 Å². The van der Waals surface area contributed by atoms with E-state index in [0.717, 1.165) is 18.7 Å². The quantitative estimate of drug-likeness (QED) is 0.367. The molecule has 2 aromatic carbocycles. The number of para-hydroxylation sites is 1. The molecule has 1 saturated carbocycles. The number of nitrogens with zero attached hydrogens (tertiary/aromatic N) is 4. The van der Waals surface area contributed by atoms with E-state index in [1.54, 1.807) is 24.4 Å². The maximum absolute atomic E-state index is 12.9. The van der Waals surface area contributed by atoms with Gasteiger partial charge in [-0.3, -0.25) is 0 Å². The van der Waals surface area contributed by atoms with Crippen LogP contribution in [0.4, 0.5) is 17.5 Å². The molecule has 2 aliphatic rings. The summed E-state index contributed by atoms with van der Waals surface area (Å²) in [5.41, 5.74) is 9.93. The van der Waals surface area contributed by atoms with Crippen LogP contribution < -0.4 is 22.1 Å². The number of hydrogen-bond donors (Lipinski definition) is 3. The first-order valence-corrected chi connectivity index (χ1v) is 12.4. The monoisotopic (exact) mass is 507 g/mol. The fraction of sp³-hybridized carbons (Fsp3) is 0.280. The zero-order valence-electron chi connectivity index (χ0n) is 18.8. The highest BCUT2D eigenvalue weighted by Crippen LogP contribution is 2.43. The molecule has 4 aromatic rings. The Hall–Kier alpha value is -3.20. The van der Waals surface area contributed by atoms with E-state index in [9.17, 15) is 4.79 Å². The average molecular weight is 508 g/mol. The summed E-state index contributed by atoms with van der Waals surface area (Å²) in [5.74, 6) is 0.450. The van der Waals surface area contributed by atoms with Crippen LogP contribution >= 0.6 is 23.2 Å². The van der Waals surface area contributed by atoms with E-state index < -0.39 is 5.69 Å². The zero-order chi connectivity index (χ0) is 24.2. The number of rotatable bonds is 3. The molecule has 1 spiro atoms. The number of aromatic nitrogens is 4. The van der Waals surface area contributed by atoms with Crippen LogP contribution in [0.2, 0.25) is 10.0 Å². The summed E-state index contributed by atoms with van der Waals surface area (Å²) in [6.07, 6.45) is 7.42. The summed E-state index contributed by atoms with van der Waals surface area (Å²) in [6.45, 7) is 0.980. The number of nitrogen functional groups attached to an aromatic ring is 1. The predicted molar refractivity (Wildman–Crippen MR) is 139 cm³/mol. The largest absolute Gasteiger partial charge is 0.384 e. The van der Waals surface area contributed by atoms with E-state index in [0.29, 0.717) is 11.3 Å². The Labute approximate surface area is 211 Å². The number of benzene rings is 2. The Morgan fingerprint density at radius 3 is 2.63 bits per heavy atom. The zero-order valence-corrected chi connectivity index (χ0v) is 20.3. The van der Waals surface area contributed by atoms with Gasteiger partial charge in [0.2, 0.25) is 5.95 Å². The number of nitrogens with two attached hydrogens (primary N) is 1. The normalized spacial score (nSPS) is 16.5. The second kappa shape index (κ2) is 8.48. The molecule has 178 valence electrons. The Balaban J connectivity index is 1.35. The molecule has 0 atom stereocenters. The molecule has 0 bridgehead atoms. The van der Waals surface area contributed by atoms with Crippen molar-refractivity contribution in [3.8, 4) is 5.69 Å². The van der Waals surface area contributed by atoms with Gasteiger partial charge in [-0.15, -0.1) is 0 Å². The summed E-state index contributed by atoms with van der Waals surface area (Å²) in [6, 6.07) is 11.4. The minimum atomic E-state index is -0.627. The molecule has 3 heterocycles. The molecule has 0 radical (unpaired) electrons. The Kier molecular flexibility index (Phi) is 5.40. The fourth-order valence-electron chi connectivity index (χ4n) is 5.41. The van der Waals surface area contributed by atoms with Crippen molar-refractivity contribution >= 4 is 51.7 Å². The maximum atomic E-state index is 12.9. The SMILES string of the molecule is Nc1c2cnc(Nc3ccc4c(c3)CCNC43CCCC3)nc2nc(=O)n1-c1c(Cl)cccc1Cl. The highest BCUT2D eigenvalue weighted by atomic mass is 35.5. The van der Waals surface area contributed by atoms with Crippen LogP contribution in [-0.4, -0.2) is 26.1 Å². The molecule has 1 fully saturated rings. The fourth-order valence-corrected chi connectivity index (χ4v) is 5.98. The van der Waals surface area contributed by atoms with Gasteiger partial charge >= 0.3 is 5.69 Å². The highest BCUT2D eigenvalue weighted by Gasteiger charge is 2.38. The molecule has 0 amide bonds. The Morgan fingerprint density at radius 1 is 1.09 bits per heavy atom. The van der Waals surface area contributed by atoms with E-state index in [-0.39, 0.29) is 32.7 Å². The molecule has 0 unspecified atom stereocenters. The van der Waals surface area contributed by atoms with Gasteiger partial charge in [0.15, 0.2) is 5.65 Å². The van der Waals surface area contributed by atoms with Gasteiger partial charge in [-0.05, 0) is 54.7 Å². The van der Waals surface area contributed by atoms with Crippen LogP contribution in [0, 0.1) is 0 Å². The van der Waals surface area contributed by atoms with Crippen LogP contribution in [0.15, 0.2) is 47.4 Å². The first-order chi connectivity index (χ1) is 16.9. The summed E-state index contributed by atoms with van der Waals surface area (Å²) in [7, 11) is 0. The van der Waals surface area contributed by atoms with Crippen LogP contribution in [0.25, 0.3) is 16.7 Å². The summed E-state index contributed by atoms with van der Waals surface area (Å²) in [4.78, 5) is 25.9. The van der Waals surface area contributed by atoms with Gasteiger partial charge < -0.3 is 16.4 Å². The van der Waals surface area contributed by atoms with E-state index in [1.165, 1.54) is 41.4 Å². The Bertz CT molecular complexity index is 1510. The standard InChI is InChI=1S/C25H23Cl2N7O/c26-18-4-3-5-19(27)20(18)34-21(28)16-13-29-23(32-22(16)33-24(34)35)31-15-6-7-17-14(12-15)8-11-30-25(17)9-1-2-10-25/h3-7,12-13,30H,1-2,8-11,28H2,(H,31,32,33,35). The van der Waals surface area contributed by atoms with Crippen LogP contribution in [0.1, 0.15) is 36.8 Å². The molecule has 1 aliphatic carbocycles. The molecular formula is C25H23Cl2N7O. The third kappa shape index (κ3) is 3.73. The van der Waals surface area contributed by atoms with Crippen molar-refractivity contribution in [1.29, 1.82) is 0 Å². The third-order valence-corrected chi connectivity index (χ3v) is 7.64. The lowest BCUT2D eigenvalue weighted by Gasteiger charge is -2.37. The average Bonchev–Trinajstić information content (AvgIpc) is 3.29. The maximum Gasteiger partial charge on any atom is 0.355 e. The minimum absolute atomic E-state index is 0.115. The first-order valence-electron chi connectivity index (χ1n) is 11.6. The van der Waals surface area contributed by atoms with Crippen molar-refractivity contribution in [3.63, 3.8) is 0 Å². The lowest BCUT2D eigenvalue weighted by atomic mass is 9.81. The molecule has 0 saturated heterocycles. The van der Waals surface area contributed by atoms with Gasteiger partial charge in [-0.1, -0.05) is 48.2 Å². The molecule has 35 heavy (non-hydrogen) atoms. The smallest absolute Gasteiger partial charge is 0.355 e. The minimum Gasteiger partial charge on any atom is -0.384 e. The highest BCUT2D eigenvalue weighted by molar-refractivity contribution is 6.37. The second-order valence-electron chi connectivity index (χ2n) is 9.08. The topological polar surface area (TPSA) is 111 Å². The summed E-state index contributed by atoms with van der Waals surface area (Å²) in [5, 5.41) is 8.01. The molecule has 1 aliphatic heterocycles. The van der Waals surface area contributed by atoms with Gasteiger partial charge in [0.1, 0.15) is 5.82 Å². The van der Waals surface area contributed by atoms with Crippen molar-refractivity contribution in [2.24, 2.45) is 0 Å². The second-order valence-corrected chi connectivity index (χ2v) is 9.89. The molecule has 6 rings (SSSR count). The van der Waals surface area contributed by atoms with Gasteiger partial charge in [0.25, 0.3) is 0 Å². The van der Waals surface area contributed by atoms with Crippen molar-refractivity contribution in [2.75, 3.05) is 17.6 Å².